The molecule has 24 heavy (non-hydrogen) atoms. The Balaban J connectivity index is 1.53. The molecule has 1 atom stereocenters. The smallest absolute Gasteiger partial charge is 0.318 e. The first-order valence-corrected chi connectivity index (χ1v) is 9.26. The zero-order chi connectivity index (χ0) is 17.1. The van der Waals surface area contributed by atoms with Gasteiger partial charge < -0.3 is 15.1 Å². The minimum atomic E-state index is -0.0674. The highest BCUT2D eigenvalue weighted by Gasteiger charge is 2.23. The average molecular weight is 365 g/mol. The number of amides is 2. The summed E-state index contributed by atoms with van der Waals surface area (Å²) in [5.74, 6) is 0. The van der Waals surface area contributed by atoms with Crippen LogP contribution >= 0.6 is 22.9 Å². The molecule has 2 amide bonds. The second kappa shape index (κ2) is 7.40. The summed E-state index contributed by atoms with van der Waals surface area (Å²) in [4.78, 5) is 21.0. The number of aryl methyl sites for hydroxylation is 1. The molecule has 2 heterocycles. The van der Waals surface area contributed by atoms with Gasteiger partial charge in [0.2, 0.25) is 0 Å². The maximum Gasteiger partial charge on any atom is 0.318 e. The van der Waals surface area contributed by atoms with Gasteiger partial charge in [-0.15, -0.1) is 11.3 Å². The van der Waals surface area contributed by atoms with Crippen LogP contribution in [-0.4, -0.2) is 42.1 Å². The molecule has 7 heteroatoms. The Morgan fingerprint density at radius 2 is 2.08 bits per heavy atom. The SMILES string of the molecule is Cc1csc(C(C)NC(=O)N2CCN(c3cccc(Cl)c3)CC2)n1. The lowest BCUT2D eigenvalue weighted by Crippen LogP contribution is -2.52. The molecule has 0 radical (unpaired) electrons. The fourth-order valence-corrected chi connectivity index (χ4v) is 3.74. The number of rotatable bonds is 3. The third-order valence-corrected chi connectivity index (χ3v) is 5.47. The molecule has 1 aliphatic rings. The van der Waals surface area contributed by atoms with Gasteiger partial charge in [-0.2, -0.15) is 0 Å². The molecule has 0 spiro atoms. The number of carbonyl (C=O) groups is 1. The van der Waals surface area contributed by atoms with Crippen LogP contribution in [0.3, 0.4) is 0 Å². The largest absolute Gasteiger partial charge is 0.368 e. The minimum absolute atomic E-state index is 0.0268. The molecule has 1 saturated heterocycles. The van der Waals surface area contributed by atoms with Crippen LogP contribution in [0, 0.1) is 6.92 Å². The van der Waals surface area contributed by atoms with Crippen molar-refractivity contribution in [2.24, 2.45) is 0 Å². The molecule has 5 nitrogen and oxygen atoms in total. The van der Waals surface area contributed by atoms with E-state index in [0.717, 1.165) is 34.5 Å². The quantitative estimate of drug-likeness (QED) is 0.903. The minimum Gasteiger partial charge on any atom is -0.368 e. The van der Waals surface area contributed by atoms with Crippen molar-refractivity contribution in [2.45, 2.75) is 19.9 Å². The summed E-state index contributed by atoms with van der Waals surface area (Å²) >= 11 is 7.63. The molecular formula is C17H21ClN4OS. The van der Waals surface area contributed by atoms with E-state index in [-0.39, 0.29) is 12.1 Å². The molecule has 1 fully saturated rings. The van der Waals surface area contributed by atoms with Crippen LogP contribution in [0.25, 0.3) is 0 Å². The molecule has 128 valence electrons. The van der Waals surface area contributed by atoms with Gasteiger partial charge >= 0.3 is 6.03 Å². The van der Waals surface area contributed by atoms with E-state index >= 15 is 0 Å². The van der Waals surface area contributed by atoms with Crippen molar-refractivity contribution in [2.75, 3.05) is 31.1 Å². The molecule has 1 aromatic heterocycles. The van der Waals surface area contributed by atoms with E-state index < -0.39 is 0 Å². The summed E-state index contributed by atoms with van der Waals surface area (Å²) in [6.45, 7) is 6.93. The number of anilines is 1. The van der Waals surface area contributed by atoms with Gasteiger partial charge in [0.15, 0.2) is 0 Å². The molecule has 2 aromatic rings. The first-order chi connectivity index (χ1) is 11.5. The van der Waals surface area contributed by atoms with Gasteiger partial charge in [0.1, 0.15) is 5.01 Å². The van der Waals surface area contributed by atoms with Gasteiger partial charge in [-0.05, 0) is 32.0 Å². The van der Waals surface area contributed by atoms with Crippen LogP contribution in [0.1, 0.15) is 23.7 Å². The van der Waals surface area contributed by atoms with E-state index in [4.69, 9.17) is 11.6 Å². The predicted molar refractivity (Wildman–Crippen MR) is 99.0 cm³/mol. The van der Waals surface area contributed by atoms with Crippen molar-refractivity contribution in [1.82, 2.24) is 15.2 Å². The number of thiazole rings is 1. The summed E-state index contributed by atoms with van der Waals surface area (Å²) in [5, 5.41) is 6.72. The van der Waals surface area contributed by atoms with Crippen molar-refractivity contribution in [3.8, 4) is 0 Å². The van der Waals surface area contributed by atoms with E-state index in [1.807, 2.05) is 42.3 Å². The number of aromatic nitrogens is 1. The normalized spacial score (nSPS) is 16.1. The number of carbonyl (C=O) groups excluding carboxylic acids is 1. The highest BCUT2D eigenvalue weighted by molar-refractivity contribution is 7.09. The summed E-state index contributed by atoms with van der Waals surface area (Å²) in [6, 6.07) is 7.74. The summed E-state index contributed by atoms with van der Waals surface area (Å²) in [5.41, 5.74) is 2.10. The first kappa shape index (κ1) is 17.0. The maximum atomic E-state index is 12.4. The van der Waals surface area contributed by atoms with Crippen LogP contribution in [0.4, 0.5) is 10.5 Å². The number of piperazine rings is 1. The highest BCUT2D eigenvalue weighted by atomic mass is 35.5. The van der Waals surface area contributed by atoms with Gasteiger partial charge in [0.25, 0.3) is 0 Å². The summed E-state index contributed by atoms with van der Waals surface area (Å²) in [6.07, 6.45) is 0. The molecule has 3 rings (SSSR count). The second-order valence-electron chi connectivity index (χ2n) is 5.95. The number of nitrogens with zero attached hydrogens (tertiary/aromatic N) is 3. The fourth-order valence-electron chi connectivity index (χ4n) is 2.75. The fraction of sp³-hybridized carbons (Fsp3) is 0.412. The molecule has 0 bridgehead atoms. The van der Waals surface area contributed by atoms with Crippen molar-refractivity contribution >= 4 is 34.7 Å². The molecule has 0 saturated carbocycles. The first-order valence-electron chi connectivity index (χ1n) is 8.01. The van der Waals surface area contributed by atoms with E-state index in [2.05, 4.69) is 21.3 Å². The third kappa shape index (κ3) is 3.99. The zero-order valence-corrected chi connectivity index (χ0v) is 15.4. The topological polar surface area (TPSA) is 48.5 Å². The van der Waals surface area contributed by atoms with Gasteiger partial charge in [0, 0.05) is 48.0 Å². The molecule has 1 aromatic carbocycles. The lowest BCUT2D eigenvalue weighted by Gasteiger charge is -2.36. The standard InChI is InChI=1S/C17H21ClN4OS/c1-12-11-24-16(19-12)13(2)20-17(23)22-8-6-21(7-9-22)15-5-3-4-14(18)10-15/h3-5,10-11,13H,6-9H2,1-2H3,(H,20,23). The van der Waals surface area contributed by atoms with Crippen LogP contribution in [-0.2, 0) is 0 Å². The van der Waals surface area contributed by atoms with Crippen molar-refractivity contribution in [3.63, 3.8) is 0 Å². The van der Waals surface area contributed by atoms with Crippen LogP contribution in [0.15, 0.2) is 29.6 Å². The Hall–Kier alpha value is -1.79. The lowest BCUT2D eigenvalue weighted by molar-refractivity contribution is 0.191. The Bertz CT molecular complexity index is 712. The third-order valence-electron chi connectivity index (χ3n) is 4.09. The number of nitrogens with one attached hydrogen (secondary N) is 1. The van der Waals surface area contributed by atoms with Gasteiger partial charge in [-0.3, -0.25) is 0 Å². The van der Waals surface area contributed by atoms with Crippen LogP contribution in [0.5, 0.6) is 0 Å². The number of urea groups is 1. The van der Waals surface area contributed by atoms with Gasteiger partial charge in [-0.25, -0.2) is 9.78 Å². The Morgan fingerprint density at radius 3 is 2.71 bits per heavy atom. The highest BCUT2D eigenvalue weighted by Crippen LogP contribution is 2.21. The van der Waals surface area contributed by atoms with E-state index in [1.165, 1.54) is 0 Å². The van der Waals surface area contributed by atoms with Crippen molar-refractivity contribution < 1.29 is 4.79 Å². The second-order valence-corrected chi connectivity index (χ2v) is 7.28. The van der Waals surface area contributed by atoms with Crippen molar-refractivity contribution in [1.29, 1.82) is 0 Å². The lowest BCUT2D eigenvalue weighted by atomic mass is 10.2. The zero-order valence-electron chi connectivity index (χ0n) is 13.8. The Morgan fingerprint density at radius 1 is 1.33 bits per heavy atom. The molecule has 1 unspecified atom stereocenters. The number of benzene rings is 1. The molecule has 1 N–H and O–H groups in total. The molecule has 0 aliphatic carbocycles. The molecular weight excluding hydrogens is 344 g/mol. The van der Waals surface area contributed by atoms with Gasteiger partial charge in [-0.1, -0.05) is 17.7 Å². The number of hydrogen-bond donors (Lipinski definition) is 1. The summed E-state index contributed by atoms with van der Waals surface area (Å²) < 4.78 is 0. The van der Waals surface area contributed by atoms with E-state index in [9.17, 15) is 4.79 Å². The van der Waals surface area contributed by atoms with Crippen molar-refractivity contribution in [3.05, 3.63) is 45.4 Å². The predicted octanol–water partition coefficient (Wildman–Crippen LogP) is 3.70. The maximum absolute atomic E-state index is 12.4. The number of hydrogen-bond acceptors (Lipinski definition) is 4. The Kier molecular flexibility index (Phi) is 5.26. The van der Waals surface area contributed by atoms with Gasteiger partial charge in [0.05, 0.1) is 6.04 Å². The number of halogens is 1. The monoisotopic (exact) mass is 364 g/mol. The van der Waals surface area contributed by atoms with Crippen LogP contribution in [0.2, 0.25) is 5.02 Å². The van der Waals surface area contributed by atoms with E-state index in [0.29, 0.717) is 13.1 Å². The molecule has 1 aliphatic heterocycles. The van der Waals surface area contributed by atoms with Crippen LogP contribution < -0.4 is 10.2 Å². The Labute approximate surface area is 151 Å². The average Bonchev–Trinajstić information content (AvgIpc) is 3.01. The summed E-state index contributed by atoms with van der Waals surface area (Å²) in [7, 11) is 0. The van der Waals surface area contributed by atoms with E-state index in [1.54, 1.807) is 11.3 Å².